The molecule has 6 heteroatoms. The SMILES string of the molecule is CN=C(C=C(C)C(C)(F)F)CN1CC(C(=O)OC)C1. The molecule has 19 heavy (non-hydrogen) atoms. The van der Waals surface area contributed by atoms with E-state index in [0.29, 0.717) is 25.3 Å². The molecule has 4 nitrogen and oxygen atoms in total. The maximum atomic E-state index is 13.1. The average Bonchev–Trinajstić information content (AvgIpc) is 2.29. The van der Waals surface area contributed by atoms with E-state index in [1.54, 1.807) is 7.05 Å². The third-order valence-corrected chi connectivity index (χ3v) is 3.24. The van der Waals surface area contributed by atoms with Crippen molar-refractivity contribution in [3.63, 3.8) is 0 Å². The Morgan fingerprint density at radius 3 is 2.53 bits per heavy atom. The van der Waals surface area contributed by atoms with Gasteiger partial charge in [0.25, 0.3) is 5.92 Å². The van der Waals surface area contributed by atoms with E-state index >= 15 is 0 Å². The Labute approximate surface area is 112 Å². The summed E-state index contributed by atoms with van der Waals surface area (Å²) < 4.78 is 30.8. The van der Waals surface area contributed by atoms with E-state index in [4.69, 9.17) is 0 Å². The molecule has 0 spiro atoms. The van der Waals surface area contributed by atoms with Crippen LogP contribution in [0.25, 0.3) is 0 Å². The minimum Gasteiger partial charge on any atom is -0.469 e. The zero-order valence-electron chi connectivity index (χ0n) is 11.7. The number of nitrogens with zero attached hydrogens (tertiary/aromatic N) is 2. The Kier molecular flexibility index (Phi) is 5.17. The van der Waals surface area contributed by atoms with Gasteiger partial charge in [-0.25, -0.2) is 8.78 Å². The molecule has 0 aliphatic carbocycles. The van der Waals surface area contributed by atoms with Crippen molar-refractivity contribution in [3.05, 3.63) is 11.6 Å². The molecule has 0 atom stereocenters. The van der Waals surface area contributed by atoms with Crippen LogP contribution in [0.4, 0.5) is 8.78 Å². The van der Waals surface area contributed by atoms with Gasteiger partial charge in [-0.2, -0.15) is 0 Å². The van der Waals surface area contributed by atoms with E-state index in [1.165, 1.54) is 20.1 Å². The van der Waals surface area contributed by atoms with Gasteiger partial charge in [0.1, 0.15) is 0 Å². The van der Waals surface area contributed by atoms with Crippen LogP contribution in [0.1, 0.15) is 13.8 Å². The van der Waals surface area contributed by atoms with Gasteiger partial charge >= 0.3 is 5.97 Å². The average molecular weight is 274 g/mol. The van der Waals surface area contributed by atoms with E-state index in [2.05, 4.69) is 9.73 Å². The lowest BCUT2D eigenvalue weighted by molar-refractivity contribution is -0.150. The number of rotatable bonds is 5. The minimum absolute atomic E-state index is 0.0156. The zero-order chi connectivity index (χ0) is 14.6. The van der Waals surface area contributed by atoms with Crippen LogP contribution in [-0.2, 0) is 9.53 Å². The largest absolute Gasteiger partial charge is 0.469 e. The van der Waals surface area contributed by atoms with Crippen molar-refractivity contribution in [2.24, 2.45) is 10.9 Å². The molecule has 108 valence electrons. The fourth-order valence-electron chi connectivity index (χ4n) is 1.80. The number of ether oxygens (including phenoxy) is 1. The fourth-order valence-corrected chi connectivity index (χ4v) is 1.80. The summed E-state index contributed by atoms with van der Waals surface area (Å²) in [7, 11) is 2.93. The number of allylic oxidation sites excluding steroid dienone is 1. The van der Waals surface area contributed by atoms with Crippen molar-refractivity contribution in [2.75, 3.05) is 33.8 Å². The zero-order valence-corrected chi connectivity index (χ0v) is 11.7. The van der Waals surface area contributed by atoms with Crippen LogP contribution in [-0.4, -0.2) is 56.3 Å². The molecule has 0 aromatic heterocycles. The molecule has 1 aliphatic rings. The van der Waals surface area contributed by atoms with Crippen LogP contribution < -0.4 is 0 Å². The maximum Gasteiger partial charge on any atom is 0.311 e. The van der Waals surface area contributed by atoms with Gasteiger partial charge in [0.05, 0.1) is 13.0 Å². The van der Waals surface area contributed by atoms with Crippen LogP contribution in [0, 0.1) is 5.92 Å². The van der Waals surface area contributed by atoms with Gasteiger partial charge in [0.15, 0.2) is 0 Å². The summed E-state index contributed by atoms with van der Waals surface area (Å²) in [6.45, 7) is 3.89. The summed E-state index contributed by atoms with van der Waals surface area (Å²) in [6, 6.07) is 0. The number of halogens is 2. The van der Waals surface area contributed by atoms with Crippen molar-refractivity contribution < 1.29 is 18.3 Å². The second kappa shape index (κ2) is 6.23. The third kappa shape index (κ3) is 4.38. The molecule has 0 N–H and O–H groups in total. The first-order valence-electron chi connectivity index (χ1n) is 6.10. The first-order valence-corrected chi connectivity index (χ1v) is 6.10. The number of hydrogen-bond acceptors (Lipinski definition) is 4. The quantitative estimate of drug-likeness (QED) is 0.566. The molecular weight excluding hydrogens is 254 g/mol. The molecule has 0 unspecified atom stereocenters. The third-order valence-electron chi connectivity index (χ3n) is 3.24. The first kappa shape index (κ1) is 15.8. The van der Waals surface area contributed by atoms with E-state index in [9.17, 15) is 13.6 Å². The molecule has 0 bridgehead atoms. The molecule has 0 aromatic rings. The van der Waals surface area contributed by atoms with Gasteiger partial charge in [-0.15, -0.1) is 0 Å². The molecule has 1 fully saturated rings. The molecule has 0 saturated carbocycles. The molecule has 1 heterocycles. The number of esters is 1. The monoisotopic (exact) mass is 274 g/mol. The van der Waals surface area contributed by atoms with Gasteiger partial charge in [0.2, 0.25) is 0 Å². The molecule has 0 amide bonds. The predicted molar refractivity (Wildman–Crippen MR) is 69.7 cm³/mol. The Bertz CT molecular complexity index is 394. The number of aliphatic imine (C=N–C) groups is 1. The highest BCUT2D eigenvalue weighted by atomic mass is 19.3. The predicted octanol–water partition coefficient (Wildman–Crippen LogP) is 1.76. The second-order valence-electron chi connectivity index (χ2n) is 4.84. The van der Waals surface area contributed by atoms with Crippen LogP contribution in [0.2, 0.25) is 0 Å². The highest BCUT2D eigenvalue weighted by molar-refractivity contribution is 5.97. The summed E-state index contributed by atoms with van der Waals surface area (Å²) in [5.41, 5.74) is 0.570. The lowest BCUT2D eigenvalue weighted by atomic mass is 9.99. The summed E-state index contributed by atoms with van der Waals surface area (Å²) in [5, 5.41) is 0. The van der Waals surface area contributed by atoms with Crippen LogP contribution >= 0.6 is 0 Å². The topological polar surface area (TPSA) is 41.9 Å². The number of alkyl halides is 2. The van der Waals surface area contributed by atoms with Gasteiger partial charge in [-0.3, -0.25) is 14.7 Å². The number of hydrogen-bond donors (Lipinski definition) is 0. The Hall–Kier alpha value is -1.30. The maximum absolute atomic E-state index is 13.1. The number of likely N-dealkylation sites (tertiary alicyclic amines) is 1. The summed E-state index contributed by atoms with van der Waals surface area (Å²) in [5.74, 6) is -3.17. The number of carbonyl (C=O) groups excluding carboxylic acids is 1. The minimum atomic E-state index is -2.83. The molecule has 0 aromatic carbocycles. The van der Waals surface area contributed by atoms with Crippen molar-refractivity contribution in [3.8, 4) is 0 Å². The summed E-state index contributed by atoms with van der Waals surface area (Å²) in [4.78, 5) is 17.2. The van der Waals surface area contributed by atoms with Gasteiger partial charge < -0.3 is 4.74 Å². The number of methoxy groups -OCH3 is 1. The molecular formula is C13H20F2N2O2. The highest BCUT2D eigenvalue weighted by Gasteiger charge is 2.33. The van der Waals surface area contributed by atoms with E-state index in [0.717, 1.165) is 6.92 Å². The van der Waals surface area contributed by atoms with Crippen LogP contribution in [0.15, 0.2) is 16.6 Å². The van der Waals surface area contributed by atoms with Gasteiger partial charge in [0, 0.05) is 39.3 Å². The van der Waals surface area contributed by atoms with Crippen LogP contribution in [0.3, 0.4) is 0 Å². The van der Waals surface area contributed by atoms with Crippen molar-refractivity contribution in [1.82, 2.24) is 4.90 Å². The molecule has 1 aliphatic heterocycles. The van der Waals surface area contributed by atoms with Crippen LogP contribution in [0.5, 0.6) is 0 Å². The van der Waals surface area contributed by atoms with E-state index < -0.39 is 5.92 Å². The Morgan fingerprint density at radius 2 is 2.11 bits per heavy atom. The smallest absolute Gasteiger partial charge is 0.311 e. The second-order valence-corrected chi connectivity index (χ2v) is 4.84. The highest BCUT2D eigenvalue weighted by Crippen LogP contribution is 2.23. The van der Waals surface area contributed by atoms with Gasteiger partial charge in [-0.05, 0) is 18.6 Å². The first-order chi connectivity index (χ1) is 8.77. The lowest BCUT2D eigenvalue weighted by Gasteiger charge is -2.37. The summed E-state index contributed by atoms with van der Waals surface area (Å²) in [6.07, 6.45) is 1.41. The van der Waals surface area contributed by atoms with Crippen molar-refractivity contribution in [1.29, 1.82) is 0 Å². The normalized spacial score (nSPS) is 19.3. The molecule has 1 rings (SSSR count). The molecule has 0 radical (unpaired) electrons. The summed E-state index contributed by atoms with van der Waals surface area (Å²) >= 11 is 0. The fraction of sp³-hybridized carbons (Fsp3) is 0.692. The van der Waals surface area contributed by atoms with Gasteiger partial charge in [-0.1, -0.05) is 0 Å². The lowest BCUT2D eigenvalue weighted by Crippen LogP contribution is -2.52. The van der Waals surface area contributed by atoms with E-state index in [-0.39, 0.29) is 17.5 Å². The molecule has 1 saturated heterocycles. The van der Waals surface area contributed by atoms with Crippen molar-refractivity contribution in [2.45, 2.75) is 19.8 Å². The standard InChI is InChI=1S/C13H20F2N2O2/c1-9(13(2,14)15)5-11(16-3)8-17-6-10(7-17)12(18)19-4/h5,10H,6-8H2,1-4H3. The van der Waals surface area contributed by atoms with Crippen molar-refractivity contribution >= 4 is 11.7 Å². The number of carbonyl (C=O) groups is 1. The Morgan fingerprint density at radius 1 is 1.53 bits per heavy atom. The Balaban J connectivity index is 2.51. The van der Waals surface area contributed by atoms with E-state index in [1.807, 2.05) is 4.90 Å².